The van der Waals surface area contributed by atoms with Gasteiger partial charge in [0.05, 0.1) is 17.0 Å². The van der Waals surface area contributed by atoms with E-state index in [0.717, 1.165) is 17.5 Å². The lowest BCUT2D eigenvalue weighted by Gasteiger charge is -2.25. The van der Waals surface area contributed by atoms with Crippen LogP contribution in [-0.4, -0.2) is 10.8 Å². The van der Waals surface area contributed by atoms with E-state index in [1.165, 1.54) is 5.56 Å². The van der Waals surface area contributed by atoms with E-state index in [9.17, 15) is 9.59 Å². The van der Waals surface area contributed by atoms with E-state index in [2.05, 4.69) is 6.92 Å². The molecule has 0 fully saturated rings. The first kappa shape index (κ1) is 19.6. The van der Waals surface area contributed by atoms with Crippen LogP contribution >= 0.6 is 11.6 Å². The number of amides is 1. The molecule has 0 saturated heterocycles. The van der Waals surface area contributed by atoms with Gasteiger partial charge in [0.15, 0.2) is 5.43 Å². The molecule has 0 bridgehead atoms. The van der Waals surface area contributed by atoms with Gasteiger partial charge in [-0.15, -0.1) is 0 Å². The van der Waals surface area contributed by atoms with E-state index in [-0.39, 0.29) is 23.6 Å². The normalized spacial score (nSPS) is 15.5. The van der Waals surface area contributed by atoms with Gasteiger partial charge in [0.25, 0.3) is 5.91 Å². The summed E-state index contributed by atoms with van der Waals surface area (Å²) < 4.78 is 5.97. The number of aryl methyl sites for hydroxylation is 1. The Morgan fingerprint density at radius 2 is 1.65 bits per heavy atom. The summed E-state index contributed by atoms with van der Waals surface area (Å²) in [6, 6.07) is 22.0. The fourth-order valence-corrected chi connectivity index (χ4v) is 4.42. The monoisotopic (exact) mass is 429 g/mol. The average Bonchev–Trinajstić information content (AvgIpc) is 3.07. The number of rotatable bonds is 4. The number of hydrogen-bond donors (Lipinski definition) is 0. The van der Waals surface area contributed by atoms with E-state index >= 15 is 0 Å². The second-order valence-corrected chi connectivity index (χ2v) is 8.10. The van der Waals surface area contributed by atoms with Crippen LogP contribution in [0.4, 0.5) is 0 Å². The third-order valence-corrected chi connectivity index (χ3v) is 6.24. The summed E-state index contributed by atoms with van der Waals surface area (Å²) in [4.78, 5) is 28.6. The maximum atomic E-state index is 13.5. The summed E-state index contributed by atoms with van der Waals surface area (Å²) in [6.45, 7) is 2.37. The van der Waals surface area contributed by atoms with Gasteiger partial charge in [-0.25, -0.2) is 0 Å². The first-order valence-electron chi connectivity index (χ1n) is 10.3. The Balaban J connectivity index is 1.72. The van der Waals surface area contributed by atoms with Crippen molar-refractivity contribution in [3.8, 4) is 0 Å². The number of halogens is 1. The molecule has 0 spiro atoms. The molecule has 154 valence electrons. The van der Waals surface area contributed by atoms with Crippen molar-refractivity contribution >= 4 is 28.5 Å². The zero-order valence-corrected chi connectivity index (χ0v) is 17.7. The molecule has 0 saturated carbocycles. The Bertz CT molecular complexity index is 1360. The van der Waals surface area contributed by atoms with Crippen LogP contribution < -0.4 is 5.43 Å². The molecule has 1 amide bonds. The lowest BCUT2D eigenvalue weighted by atomic mass is 9.97. The highest BCUT2D eigenvalue weighted by Crippen LogP contribution is 2.39. The molecule has 5 heteroatoms. The largest absolute Gasteiger partial charge is 0.450 e. The Kier molecular flexibility index (Phi) is 4.87. The second-order valence-electron chi connectivity index (χ2n) is 7.69. The third-order valence-electron chi connectivity index (χ3n) is 5.88. The van der Waals surface area contributed by atoms with E-state index in [0.29, 0.717) is 21.6 Å². The van der Waals surface area contributed by atoms with E-state index in [1.54, 1.807) is 35.2 Å². The summed E-state index contributed by atoms with van der Waals surface area (Å²) in [7, 11) is 0. The first-order chi connectivity index (χ1) is 15.1. The van der Waals surface area contributed by atoms with Crippen LogP contribution in [0.1, 0.15) is 45.8 Å². The van der Waals surface area contributed by atoms with E-state index < -0.39 is 6.04 Å². The lowest BCUT2D eigenvalue weighted by molar-refractivity contribution is 0.0714. The Hall–Kier alpha value is -3.37. The topological polar surface area (TPSA) is 50.5 Å². The van der Waals surface area contributed by atoms with E-state index in [1.807, 2.05) is 42.5 Å². The number of carbonyl (C=O) groups is 1. The van der Waals surface area contributed by atoms with Crippen molar-refractivity contribution in [1.82, 2.24) is 4.90 Å². The predicted octanol–water partition coefficient (Wildman–Crippen LogP) is 5.75. The maximum Gasteiger partial charge on any atom is 0.291 e. The van der Waals surface area contributed by atoms with Crippen LogP contribution in [-0.2, 0) is 13.0 Å². The molecule has 0 N–H and O–H groups in total. The standard InChI is InChI=1S/C26H20ClNO3/c1-2-16-11-13-17(14-12-16)23-22-24(29)19-8-4-6-10-21(19)31-25(22)26(30)28(23)15-18-7-3-5-9-20(18)27/h3-14,23H,2,15H2,1H3. The minimum atomic E-state index is -0.537. The highest BCUT2D eigenvalue weighted by Gasteiger charge is 2.42. The molecule has 31 heavy (non-hydrogen) atoms. The molecule has 1 atom stereocenters. The summed E-state index contributed by atoms with van der Waals surface area (Å²) >= 11 is 6.39. The van der Waals surface area contributed by atoms with Crippen LogP contribution in [0.25, 0.3) is 11.0 Å². The number of hydrogen-bond acceptors (Lipinski definition) is 3. The third kappa shape index (κ3) is 3.24. The Morgan fingerprint density at radius 1 is 0.935 bits per heavy atom. The van der Waals surface area contributed by atoms with Gasteiger partial charge in [-0.3, -0.25) is 9.59 Å². The van der Waals surface area contributed by atoms with Gasteiger partial charge >= 0.3 is 0 Å². The lowest BCUT2D eigenvalue weighted by Crippen LogP contribution is -2.29. The molecular formula is C26H20ClNO3. The number of fused-ring (bicyclic) bond motifs is 2. The molecule has 1 aliphatic heterocycles. The Labute approximate surface area is 184 Å². The molecule has 0 radical (unpaired) electrons. The van der Waals surface area contributed by atoms with Crippen LogP contribution in [0.2, 0.25) is 5.02 Å². The molecule has 5 rings (SSSR count). The van der Waals surface area contributed by atoms with E-state index in [4.69, 9.17) is 16.0 Å². The van der Waals surface area contributed by atoms with Crippen LogP contribution in [0.3, 0.4) is 0 Å². The highest BCUT2D eigenvalue weighted by atomic mass is 35.5. The predicted molar refractivity (Wildman–Crippen MR) is 121 cm³/mol. The molecule has 0 aliphatic carbocycles. The fraction of sp³-hybridized carbons (Fsp3) is 0.154. The first-order valence-corrected chi connectivity index (χ1v) is 10.6. The molecular weight excluding hydrogens is 410 g/mol. The Morgan fingerprint density at radius 3 is 2.39 bits per heavy atom. The van der Waals surface area contributed by atoms with Crippen molar-refractivity contribution in [3.05, 3.63) is 116 Å². The number of para-hydroxylation sites is 1. The number of carbonyl (C=O) groups excluding carboxylic acids is 1. The van der Waals surface area contributed by atoms with Gasteiger partial charge in [-0.1, -0.05) is 73.1 Å². The van der Waals surface area contributed by atoms with Gasteiger partial charge in [0.2, 0.25) is 5.76 Å². The van der Waals surface area contributed by atoms with Gasteiger partial charge in [-0.2, -0.15) is 0 Å². The summed E-state index contributed by atoms with van der Waals surface area (Å²) in [5.41, 5.74) is 3.52. The summed E-state index contributed by atoms with van der Waals surface area (Å²) in [5, 5.41) is 1.06. The molecule has 3 aromatic carbocycles. The number of benzene rings is 3. The maximum absolute atomic E-state index is 13.5. The minimum Gasteiger partial charge on any atom is -0.450 e. The second kappa shape index (κ2) is 7.71. The van der Waals surface area contributed by atoms with Gasteiger partial charge in [0, 0.05) is 11.6 Å². The molecule has 4 nitrogen and oxygen atoms in total. The van der Waals surface area contributed by atoms with Crippen LogP contribution in [0.15, 0.2) is 82.0 Å². The number of nitrogens with zero attached hydrogens (tertiary/aromatic N) is 1. The molecule has 2 heterocycles. The van der Waals surface area contributed by atoms with Crippen molar-refractivity contribution in [2.75, 3.05) is 0 Å². The zero-order valence-electron chi connectivity index (χ0n) is 17.0. The molecule has 1 aliphatic rings. The molecule has 1 aromatic heterocycles. The summed E-state index contributed by atoms with van der Waals surface area (Å²) in [6.07, 6.45) is 0.913. The van der Waals surface area contributed by atoms with Crippen molar-refractivity contribution in [3.63, 3.8) is 0 Å². The quantitative estimate of drug-likeness (QED) is 0.414. The molecule has 1 unspecified atom stereocenters. The van der Waals surface area contributed by atoms with Gasteiger partial charge < -0.3 is 9.32 Å². The van der Waals surface area contributed by atoms with Crippen LogP contribution in [0.5, 0.6) is 0 Å². The fourth-order valence-electron chi connectivity index (χ4n) is 4.22. The summed E-state index contributed by atoms with van der Waals surface area (Å²) in [5.74, 6) is -0.192. The smallest absolute Gasteiger partial charge is 0.291 e. The molecule has 4 aromatic rings. The van der Waals surface area contributed by atoms with Crippen molar-refractivity contribution < 1.29 is 9.21 Å². The van der Waals surface area contributed by atoms with Crippen molar-refractivity contribution in [1.29, 1.82) is 0 Å². The minimum absolute atomic E-state index is 0.111. The zero-order chi connectivity index (χ0) is 21.5. The van der Waals surface area contributed by atoms with Gasteiger partial charge in [0.1, 0.15) is 5.58 Å². The SMILES string of the molecule is CCc1ccc(C2c3c(oc4ccccc4c3=O)C(=O)N2Cc2ccccc2Cl)cc1. The van der Waals surface area contributed by atoms with Gasteiger partial charge in [-0.05, 0) is 41.3 Å². The van der Waals surface area contributed by atoms with Crippen molar-refractivity contribution in [2.24, 2.45) is 0 Å². The average molecular weight is 430 g/mol. The van der Waals surface area contributed by atoms with Crippen LogP contribution in [0, 0.1) is 0 Å². The highest BCUT2D eigenvalue weighted by molar-refractivity contribution is 6.31. The van der Waals surface area contributed by atoms with Crippen molar-refractivity contribution in [2.45, 2.75) is 25.9 Å².